The van der Waals surface area contributed by atoms with E-state index < -0.39 is 6.17 Å². The van der Waals surface area contributed by atoms with Crippen LogP contribution in [0.15, 0.2) is 47.8 Å². The monoisotopic (exact) mass is 476 g/mol. The van der Waals surface area contributed by atoms with E-state index in [0.29, 0.717) is 46.8 Å². The number of hydrogen-bond acceptors (Lipinski definition) is 9. The summed E-state index contributed by atoms with van der Waals surface area (Å²) in [5.74, 6) is 1.38. The predicted octanol–water partition coefficient (Wildman–Crippen LogP) is 3.76. The standard InChI is InChI=1S/C24H21FN6O2S/c1-32-8-9-33-18-5-6-21(29-12-18)22-19(10-26)23(31-13-16(25)14-31)30-24(20(22)11-27)34-15-17-4-2-3-7-28-17/h2-7,12,16H,8-9,13-15H2,1H3. The van der Waals surface area contributed by atoms with Gasteiger partial charge in [-0.2, -0.15) is 10.5 Å². The normalized spacial score (nSPS) is 13.1. The maximum Gasteiger partial charge on any atom is 0.148 e. The second kappa shape index (κ2) is 10.9. The second-order valence-electron chi connectivity index (χ2n) is 7.42. The lowest BCUT2D eigenvalue weighted by Gasteiger charge is -2.36. The first kappa shape index (κ1) is 23.4. The molecule has 0 aromatic carbocycles. The summed E-state index contributed by atoms with van der Waals surface area (Å²) in [5, 5.41) is 20.5. The van der Waals surface area contributed by atoms with Gasteiger partial charge in [0, 0.05) is 24.6 Å². The molecule has 1 aliphatic rings. The van der Waals surface area contributed by atoms with Crippen LogP contribution in [0.25, 0.3) is 11.3 Å². The minimum atomic E-state index is -0.973. The maximum absolute atomic E-state index is 13.6. The Bertz CT molecular complexity index is 1220. The molecule has 0 spiro atoms. The van der Waals surface area contributed by atoms with E-state index in [0.717, 1.165) is 5.69 Å². The summed E-state index contributed by atoms with van der Waals surface area (Å²) < 4.78 is 24.2. The van der Waals surface area contributed by atoms with Gasteiger partial charge in [0.25, 0.3) is 0 Å². The van der Waals surface area contributed by atoms with Crippen LogP contribution in [0.2, 0.25) is 0 Å². The first-order valence-electron chi connectivity index (χ1n) is 10.5. The number of rotatable bonds is 9. The minimum Gasteiger partial charge on any atom is -0.490 e. The third-order valence-corrected chi connectivity index (χ3v) is 6.15. The van der Waals surface area contributed by atoms with Gasteiger partial charge in [0.1, 0.15) is 47.1 Å². The van der Waals surface area contributed by atoms with Crippen molar-refractivity contribution in [3.63, 3.8) is 0 Å². The zero-order chi connectivity index (χ0) is 23.9. The molecule has 0 aliphatic carbocycles. The van der Waals surface area contributed by atoms with E-state index in [1.165, 1.54) is 18.0 Å². The summed E-state index contributed by atoms with van der Waals surface area (Å²) in [7, 11) is 1.59. The van der Waals surface area contributed by atoms with Crippen molar-refractivity contribution >= 4 is 17.6 Å². The average Bonchev–Trinajstić information content (AvgIpc) is 2.86. The Morgan fingerprint density at radius 1 is 1.12 bits per heavy atom. The van der Waals surface area contributed by atoms with Gasteiger partial charge in [-0.05, 0) is 24.3 Å². The van der Waals surface area contributed by atoms with Gasteiger partial charge in [-0.25, -0.2) is 9.37 Å². The highest BCUT2D eigenvalue weighted by atomic mass is 32.2. The van der Waals surface area contributed by atoms with Crippen molar-refractivity contribution in [3.8, 4) is 29.1 Å². The topological polar surface area (TPSA) is 108 Å². The molecule has 10 heteroatoms. The summed E-state index contributed by atoms with van der Waals surface area (Å²) in [6, 6.07) is 13.4. The van der Waals surface area contributed by atoms with Gasteiger partial charge in [-0.15, -0.1) is 0 Å². The number of thioether (sulfide) groups is 1. The molecule has 3 aromatic heterocycles. The Labute approximate surface area is 201 Å². The molecule has 4 heterocycles. The number of nitrogens with zero attached hydrogens (tertiary/aromatic N) is 6. The fourth-order valence-electron chi connectivity index (χ4n) is 3.43. The largest absolute Gasteiger partial charge is 0.490 e. The number of pyridine rings is 3. The zero-order valence-corrected chi connectivity index (χ0v) is 19.3. The molecule has 1 aliphatic heterocycles. The van der Waals surface area contributed by atoms with Crippen LogP contribution in [0.3, 0.4) is 0 Å². The maximum atomic E-state index is 13.6. The molecule has 34 heavy (non-hydrogen) atoms. The molecule has 0 amide bonds. The van der Waals surface area contributed by atoms with Crippen molar-refractivity contribution in [2.24, 2.45) is 0 Å². The first-order valence-corrected chi connectivity index (χ1v) is 11.5. The summed E-state index contributed by atoms with van der Waals surface area (Å²) >= 11 is 1.34. The quantitative estimate of drug-likeness (QED) is 0.337. The van der Waals surface area contributed by atoms with E-state index >= 15 is 0 Å². The molecule has 0 bridgehead atoms. The highest BCUT2D eigenvalue weighted by Crippen LogP contribution is 2.39. The van der Waals surface area contributed by atoms with E-state index in [1.54, 1.807) is 30.3 Å². The molecule has 0 radical (unpaired) electrons. The fraction of sp³-hybridized carbons (Fsp3) is 0.292. The van der Waals surface area contributed by atoms with Gasteiger partial charge in [0.05, 0.1) is 42.8 Å². The van der Waals surface area contributed by atoms with E-state index in [-0.39, 0.29) is 24.2 Å². The molecule has 0 atom stereocenters. The number of ether oxygens (including phenoxy) is 2. The molecule has 0 saturated carbocycles. The van der Waals surface area contributed by atoms with Gasteiger partial charge >= 0.3 is 0 Å². The lowest BCUT2D eigenvalue weighted by molar-refractivity contribution is 0.146. The molecule has 8 nitrogen and oxygen atoms in total. The van der Waals surface area contributed by atoms with Crippen LogP contribution in [0.5, 0.6) is 5.75 Å². The van der Waals surface area contributed by atoms with Gasteiger partial charge in [0.2, 0.25) is 0 Å². The highest BCUT2D eigenvalue weighted by Gasteiger charge is 2.32. The summed E-state index contributed by atoms with van der Waals surface area (Å²) in [6.45, 7) is 1.11. The molecule has 172 valence electrons. The number of halogens is 1. The minimum absolute atomic E-state index is 0.150. The van der Waals surface area contributed by atoms with Crippen molar-refractivity contribution in [1.29, 1.82) is 10.5 Å². The number of anilines is 1. The number of hydrogen-bond donors (Lipinski definition) is 0. The number of methoxy groups -OCH3 is 1. The Balaban J connectivity index is 1.76. The Kier molecular flexibility index (Phi) is 7.53. The van der Waals surface area contributed by atoms with Gasteiger partial charge in [0.15, 0.2) is 0 Å². The molecular formula is C24H21FN6O2S. The van der Waals surface area contributed by atoms with Crippen molar-refractivity contribution < 1.29 is 13.9 Å². The van der Waals surface area contributed by atoms with E-state index in [4.69, 9.17) is 9.47 Å². The van der Waals surface area contributed by atoms with Gasteiger partial charge in [-0.1, -0.05) is 17.8 Å². The van der Waals surface area contributed by atoms with Crippen LogP contribution >= 0.6 is 11.8 Å². The van der Waals surface area contributed by atoms with Crippen LogP contribution in [-0.4, -0.2) is 54.5 Å². The smallest absolute Gasteiger partial charge is 0.148 e. The Morgan fingerprint density at radius 2 is 1.94 bits per heavy atom. The van der Waals surface area contributed by atoms with Crippen molar-refractivity contribution in [1.82, 2.24) is 15.0 Å². The second-order valence-corrected chi connectivity index (χ2v) is 8.39. The van der Waals surface area contributed by atoms with Gasteiger partial charge < -0.3 is 14.4 Å². The zero-order valence-electron chi connectivity index (χ0n) is 18.4. The van der Waals surface area contributed by atoms with Crippen LogP contribution in [0, 0.1) is 22.7 Å². The van der Waals surface area contributed by atoms with E-state index in [9.17, 15) is 14.9 Å². The summed E-state index contributed by atoms with van der Waals surface area (Å²) in [6.07, 6.45) is 2.26. The van der Waals surface area contributed by atoms with Crippen molar-refractivity contribution in [2.45, 2.75) is 17.0 Å². The molecule has 1 saturated heterocycles. The van der Waals surface area contributed by atoms with Gasteiger partial charge in [-0.3, -0.25) is 9.97 Å². The van der Waals surface area contributed by atoms with Crippen LogP contribution in [0.1, 0.15) is 16.8 Å². The summed E-state index contributed by atoms with van der Waals surface area (Å²) in [4.78, 5) is 15.1. The lowest BCUT2D eigenvalue weighted by atomic mass is 9.99. The average molecular weight is 477 g/mol. The van der Waals surface area contributed by atoms with Crippen molar-refractivity contribution in [3.05, 3.63) is 59.5 Å². The molecule has 4 rings (SSSR count). The third-order valence-electron chi connectivity index (χ3n) is 5.14. The first-order chi connectivity index (χ1) is 16.6. The summed E-state index contributed by atoms with van der Waals surface area (Å²) in [5.41, 5.74) is 2.09. The number of alkyl halides is 1. The van der Waals surface area contributed by atoms with Crippen LogP contribution in [0.4, 0.5) is 10.2 Å². The SMILES string of the molecule is COCCOc1ccc(-c2c(C#N)c(SCc3ccccn3)nc(N3CC(F)C3)c2C#N)nc1. The van der Waals surface area contributed by atoms with E-state index in [1.807, 2.05) is 18.2 Å². The molecule has 0 unspecified atom stereocenters. The Hall–Kier alpha value is -3.73. The number of nitriles is 2. The molecule has 1 fully saturated rings. The van der Waals surface area contributed by atoms with Crippen LogP contribution < -0.4 is 9.64 Å². The lowest BCUT2D eigenvalue weighted by Crippen LogP contribution is -2.49. The fourth-order valence-corrected chi connectivity index (χ4v) is 4.33. The predicted molar refractivity (Wildman–Crippen MR) is 125 cm³/mol. The molecule has 0 N–H and O–H groups in total. The highest BCUT2D eigenvalue weighted by molar-refractivity contribution is 7.98. The van der Waals surface area contributed by atoms with E-state index in [2.05, 4.69) is 27.1 Å². The Morgan fingerprint density at radius 3 is 2.56 bits per heavy atom. The van der Waals surface area contributed by atoms with Crippen molar-refractivity contribution in [2.75, 3.05) is 38.3 Å². The van der Waals surface area contributed by atoms with Crippen LogP contribution in [-0.2, 0) is 10.5 Å². The molecular weight excluding hydrogens is 455 g/mol. The molecule has 3 aromatic rings. The third kappa shape index (κ3) is 5.09. The number of aromatic nitrogens is 3.